The number of carbonyl (C=O) groups is 1. The molecule has 6 heteroatoms. The number of amidine groups is 1. The van der Waals surface area contributed by atoms with Gasteiger partial charge in [-0.3, -0.25) is 9.69 Å². The van der Waals surface area contributed by atoms with Crippen LogP contribution in [0.1, 0.15) is 38.2 Å². The first kappa shape index (κ1) is 20.5. The second-order valence-electron chi connectivity index (χ2n) is 7.78. The minimum absolute atomic E-state index is 0.000438. The monoisotopic (exact) mass is 422 g/mol. The van der Waals surface area contributed by atoms with Crippen molar-refractivity contribution in [3.8, 4) is 11.5 Å². The second-order valence-corrected chi connectivity index (χ2v) is 8.79. The summed E-state index contributed by atoms with van der Waals surface area (Å²) in [5, 5.41) is 10.6. The molecule has 1 amide bonds. The molecule has 0 radical (unpaired) electrons. The van der Waals surface area contributed by atoms with Crippen LogP contribution in [0.25, 0.3) is 6.08 Å². The predicted molar refractivity (Wildman–Crippen MR) is 122 cm³/mol. The number of methoxy groups -OCH3 is 1. The third-order valence-corrected chi connectivity index (χ3v) is 6.70. The van der Waals surface area contributed by atoms with Gasteiger partial charge in [-0.2, -0.15) is 0 Å². The summed E-state index contributed by atoms with van der Waals surface area (Å²) >= 11 is 1.41. The molecule has 2 aromatic rings. The third kappa shape index (κ3) is 4.24. The van der Waals surface area contributed by atoms with Crippen LogP contribution >= 0.6 is 11.8 Å². The summed E-state index contributed by atoms with van der Waals surface area (Å²) in [6.45, 7) is 2.23. The standard InChI is InChI=1S/C24H26N2O3S/c1-16-8-6-7-11-19(16)26-23(28)22(15-17-12-13-20(27)21(14-17)29-2)30-24(26)25-18-9-4-3-5-10-18/h3-5,9-10,12-16,19,27H,6-8,11H2,1-2H3/b22-15-,25-24?/t16-,19+/m1/s1. The van der Waals surface area contributed by atoms with Crippen LogP contribution in [-0.2, 0) is 4.79 Å². The zero-order valence-electron chi connectivity index (χ0n) is 17.2. The number of aromatic hydroxyl groups is 1. The molecule has 1 saturated heterocycles. The van der Waals surface area contributed by atoms with E-state index in [1.165, 1.54) is 25.3 Å². The fraction of sp³-hybridized carbons (Fsp3) is 0.333. The smallest absolute Gasteiger partial charge is 0.267 e. The second kappa shape index (κ2) is 8.96. The minimum Gasteiger partial charge on any atom is -0.504 e. The Kier molecular flexibility index (Phi) is 6.13. The molecule has 1 heterocycles. The van der Waals surface area contributed by atoms with Crippen molar-refractivity contribution in [2.24, 2.45) is 10.9 Å². The number of para-hydroxylation sites is 1. The van der Waals surface area contributed by atoms with E-state index in [0.29, 0.717) is 16.6 Å². The molecule has 2 atom stereocenters. The molecule has 5 nitrogen and oxygen atoms in total. The molecule has 1 saturated carbocycles. The van der Waals surface area contributed by atoms with E-state index in [9.17, 15) is 9.90 Å². The van der Waals surface area contributed by atoms with E-state index in [1.54, 1.807) is 18.2 Å². The van der Waals surface area contributed by atoms with Crippen LogP contribution < -0.4 is 4.74 Å². The first-order valence-corrected chi connectivity index (χ1v) is 11.1. The maximum atomic E-state index is 13.5. The fourth-order valence-corrected chi connectivity index (χ4v) is 5.13. The van der Waals surface area contributed by atoms with Gasteiger partial charge in [0.25, 0.3) is 5.91 Å². The Bertz CT molecular complexity index is 987. The Balaban J connectivity index is 1.72. The normalized spacial score (nSPS) is 24.6. The summed E-state index contributed by atoms with van der Waals surface area (Å²) < 4.78 is 5.20. The number of phenols is 1. The van der Waals surface area contributed by atoms with Gasteiger partial charge in [0, 0.05) is 6.04 Å². The molecule has 0 bridgehead atoms. The van der Waals surface area contributed by atoms with Gasteiger partial charge < -0.3 is 9.84 Å². The number of hydrogen-bond donors (Lipinski definition) is 1. The topological polar surface area (TPSA) is 62.1 Å². The van der Waals surface area contributed by atoms with E-state index in [2.05, 4.69) is 6.92 Å². The maximum Gasteiger partial charge on any atom is 0.267 e. The number of ether oxygens (including phenoxy) is 1. The molecular weight excluding hydrogens is 396 g/mol. The molecule has 0 spiro atoms. The van der Waals surface area contributed by atoms with Crippen molar-refractivity contribution in [2.45, 2.75) is 38.6 Å². The third-order valence-electron chi connectivity index (χ3n) is 5.72. The van der Waals surface area contributed by atoms with Gasteiger partial charge in [-0.05, 0) is 66.4 Å². The van der Waals surface area contributed by atoms with E-state index in [-0.39, 0.29) is 17.7 Å². The quantitative estimate of drug-likeness (QED) is 0.653. The Morgan fingerprint density at radius 1 is 1.17 bits per heavy atom. The highest BCUT2D eigenvalue weighted by molar-refractivity contribution is 8.18. The number of amides is 1. The Hall–Kier alpha value is -2.73. The lowest BCUT2D eigenvalue weighted by Gasteiger charge is -2.35. The van der Waals surface area contributed by atoms with Gasteiger partial charge in [0.1, 0.15) is 0 Å². The lowest BCUT2D eigenvalue weighted by Crippen LogP contribution is -2.44. The zero-order valence-corrected chi connectivity index (χ0v) is 18.1. The summed E-state index contributed by atoms with van der Waals surface area (Å²) in [6, 6.07) is 15.0. The van der Waals surface area contributed by atoms with E-state index in [0.717, 1.165) is 35.7 Å². The van der Waals surface area contributed by atoms with Gasteiger partial charge in [-0.1, -0.05) is 44.0 Å². The van der Waals surface area contributed by atoms with Crippen molar-refractivity contribution in [1.82, 2.24) is 4.90 Å². The molecule has 2 fully saturated rings. The summed E-state index contributed by atoms with van der Waals surface area (Å²) in [6.07, 6.45) is 6.33. The van der Waals surface area contributed by atoms with Crippen molar-refractivity contribution in [3.05, 3.63) is 59.0 Å². The van der Waals surface area contributed by atoms with Crippen LogP contribution in [-0.4, -0.2) is 34.2 Å². The first-order chi connectivity index (χ1) is 14.6. The van der Waals surface area contributed by atoms with Gasteiger partial charge in [0.2, 0.25) is 0 Å². The summed E-state index contributed by atoms with van der Waals surface area (Å²) in [5.41, 5.74) is 1.65. The van der Waals surface area contributed by atoms with Gasteiger partial charge in [0.05, 0.1) is 17.7 Å². The maximum absolute atomic E-state index is 13.5. The molecule has 1 aliphatic heterocycles. The summed E-state index contributed by atoms with van der Waals surface area (Å²) in [4.78, 5) is 20.8. The number of carbonyl (C=O) groups excluding carboxylic acids is 1. The highest BCUT2D eigenvalue weighted by Gasteiger charge is 2.41. The number of thioether (sulfide) groups is 1. The number of phenolic OH excluding ortho intramolecular Hbond substituents is 1. The number of aliphatic imine (C=N–C) groups is 1. The largest absolute Gasteiger partial charge is 0.504 e. The van der Waals surface area contributed by atoms with Gasteiger partial charge in [-0.15, -0.1) is 0 Å². The Morgan fingerprint density at radius 2 is 1.93 bits per heavy atom. The van der Waals surface area contributed by atoms with Crippen LogP contribution in [0.4, 0.5) is 5.69 Å². The van der Waals surface area contributed by atoms with E-state index >= 15 is 0 Å². The van der Waals surface area contributed by atoms with Crippen LogP contribution in [0.5, 0.6) is 11.5 Å². The summed E-state index contributed by atoms with van der Waals surface area (Å²) in [5.74, 6) is 0.905. The molecule has 1 N–H and O–H groups in total. The molecule has 1 aliphatic carbocycles. The van der Waals surface area contributed by atoms with Gasteiger partial charge >= 0.3 is 0 Å². The van der Waals surface area contributed by atoms with Crippen LogP contribution in [0.2, 0.25) is 0 Å². The van der Waals surface area contributed by atoms with Crippen LogP contribution in [0.3, 0.4) is 0 Å². The molecule has 4 rings (SSSR count). The molecule has 156 valence electrons. The number of nitrogens with zero attached hydrogens (tertiary/aromatic N) is 2. The average molecular weight is 423 g/mol. The molecule has 2 aliphatic rings. The fourth-order valence-electron chi connectivity index (χ4n) is 4.09. The summed E-state index contributed by atoms with van der Waals surface area (Å²) in [7, 11) is 1.51. The molecule has 30 heavy (non-hydrogen) atoms. The zero-order chi connectivity index (χ0) is 21.1. The molecule has 2 aromatic carbocycles. The van der Waals surface area contributed by atoms with Crippen molar-refractivity contribution >= 4 is 34.6 Å². The lowest BCUT2D eigenvalue weighted by molar-refractivity contribution is -0.124. The number of hydrogen-bond acceptors (Lipinski definition) is 5. The highest BCUT2D eigenvalue weighted by atomic mass is 32.2. The van der Waals surface area contributed by atoms with Crippen LogP contribution in [0, 0.1) is 5.92 Å². The average Bonchev–Trinajstić information content (AvgIpc) is 3.05. The predicted octanol–water partition coefficient (Wildman–Crippen LogP) is 5.58. The van der Waals surface area contributed by atoms with Crippen LogP contribution in [0.15, 0.2) is 58.4 Å². The Morgan fingerprint density at radius 3 is 2.67 bits per heavy atom. The minimum atomic E-state index is 0.000438. The number of rotatable bonds is 4. The lowest BCUT2D eigenvalue weighted by atomic mass is 9.85. The van der Waals surface area contributed by atoms with E-state index < -0.39 is 0 Å². The van der Waals surface area contributed by atoms with Crippen molar-refractivity contribution < 1.29 is 14.6 Å². The SMILES string of the molecule is COc1cc(/C=C2\SC(=Nc3ccccc3)N([C@H]3CCCC[C@H]3C)C2=O)ccc1O. The van der Waals surface area contributed by atoms with Gasteiger partial charge in [-0.25, -0.2) is 4.99 Å². The van der Waals surface area contributed by atoms with Crippen molar-refractivity contribution in [1.29, 1.82) is 0 Å². The first-order valence-electron chi connectivity index (χ1n) is 10.3. The van der Waals surface area contributed by atoms with Crippen molar-refractivity contribution in [2.75, 3.05) is 7.11 Å². The van der Waals surface area contributed by atoms with Crippen molar-refractivity contribution in [3.63, 3.8) is 0 Å². The highest BCUT2D eigenvalue weighted by Crippen LogP contribution is 2.40. The Labute approximate surface area is 181 Å². The molecule has 0 unspecified atom stereocenters. The molecule has 0 aromatic heterocycles. The van der Waals surface area contributed by atoms with E-state index in [4.69, 9.17) is 9.73 Å². The van der Waals surface area contributed by atoms with E-state index in [1.807, 2.05) is 41.3 Å². The van der Waals surface area contributed by atoms with Gasteiger partial charge in [0.15, 0.2) is 16.7 Å². The molecular formula is C24H26N2O3S. The number of benzene rings is 2.